The van der Waals surface area contributed by atoms with Crippen LogP contribution < -0.4 is 5.73 Å². The van der Waals surface area contributed by atoms with Crippen LogP contribution in [0.3, 0.4) is 0 Å². The van der Waals surface area contributed by atoms with Crippen LogP contribution in [0, 0.1) is 0 Å². The fraction of sp³-hybridized carbons (Fsp3) is 0.154. The molecule has 0 spiro atoms. The minimum Gasteiger partial charge on any atom is -0.480 e. The van der Waals surface area contributed by atoms with Gasteiger partial charge in [0.15, 0.2) is 0 Å². The molecule has 0 aromatic heterocycles. The van der Waals surface area contributed by atoms with Crippen LogP contribution in [0.5, 0.6) is 0 Å². The van der Waals surface area contributed by atoms with Gasteiger partial charge in [0.05, 0.1) is 0 Å². The third-order valence-corrected chi connectivity index (χ3v) is 3.04. The fourth-order valence-corrected chi connectivity index (χ4v) is 2.02. The molecule has 21 heavy (non-hydrogen) atoms. The van der Waals surface area contributed by atoms with Crippen LogP contribution in [-0.2, 0) is 14.4 Å². The number of carboxylic acids is 1. The lowest BCUT2D eigenvalue weighted by molar-refractivity contribution is -0.143. The highest BCUT2D eigenvalue weighted by molar-refractivity contribution is 6.37. The van der Waals surface area contributed by atoms with Gasteiger partial charge in [-0.15, -0.1) is 0 Å². The zero-order chi connectivity index (χ0) is 16.0. The summed E-state index contributed by atoms with van der Waals surface area (Å²) in [5, 5.41) is 9.39. The van der Waals surface area contributed by atoms with Crippen molar-refractivity contribution in [3.8, 4) is 0 Å². The number of aliphatic carboxylic acids is 1. The van der Waals surface area contributed by atoms with E-state index in [1.54, 1.807) is 18.2 Å². The second kappa shape index (κ2) is 7.66. The Balaban J connectivity index is 2.92. The molecule has 8 heteroatoms. The number of halogens is 2. The van der Waals surface area contributed by atoms with E-state index in [1.165, 1.54) is 6.08 Å². The molecule has 0 saturated heterocycles. The number of carbonyl (C=O) groups is 3. The number of carbonyl (C=O) groups excluding carboxylic acids is 2. The molecule has 6 nitrogen and oxygen atoms in total. The molecule has 0 radical (unpaired) electrons. The molecule has 1 rings (SSSR count). The SMILES string of the molecule is NC(=O)CN(CC(=O)O)C(=O)/C=C/c1c(Cl)cccc1Cl. The van der Waals surface area contributed by atoms with E-state index in [9.17, 15) is 14.4 Å². The van der Waals surface area contributed by atoms with Gasteiger partial charge in [0.1, 0.15) is 13.1 Å². The number of primary amides is 1. The van der Waals surface area contributed by atoms with E-state index in [0.717, 1.165) is 11.0 Å². The Hall–Kier alpha value is -2.05. The van der Waals surface area contributed by atoms with Gasteiger partial charge < -0.3 is 15.7 Å². The molecule has 0 unspecified atom stereocenters. The van der Waals surface area contributed by atoms with Crippen molar-refractivity contribution in [2.45, 2.75) is 0 Å². The first kappa shape index (κ1) is 17.0. The number of hydrogen-bond acceptors (Lipinski definition) is 3. The van der Waals surface area contributed by atoms with E-state index in [4.69, 9.17) is 34.0 Å². The molecule has 2 amide bonds. The van der Waals surface area contributed by atoms with Gasteiger partial charge in [-0.2, -0.15) is 0 Å². The van der Waals surface area contributed by atoms with Crippen molar-refractivity contribution < 1.29 is 19.5 Å². The van der Waals surface area contributed by atoms with Crippen molar-refractivity contribution in [3.63, 3.8) is 0 Å². The lowest BCUT2D eigenvalue weighted by Gasteiger charge is -2.16. The first-order valence-electron chi connectivity index (χ1n) is 5.72. The van der Waals surface area contributed by atoms with Crippen LogP contribution in [0.4, 0.5) is 0 Å². The Morgan fingerprint density at radius 2 is 1.76 bits per heavy atom. The second-order valence-electron chi connectivity index (χ2n) is 4.02. The Kier molecular flexibility index (Phi) is 6.20. The smallest absolute Gasteiger partial charge is 0.323 e. The summed E-state index contributed by atoms with van der Waals surface area (Å²) in [5.74, 6) is -2.75. The Bertz CT molecular complexity index is 566. The normalized spacial score (nSPS) is 10.6. The van der Waals surface area contributed by atoms with E-state index in [2.05, 4.69) is 0 Å². The number of amides is 2. The number of benzene rings is 1. The molecule has 112 valence electrons. The number of hydrogen-bond donors (Lipinski definition) is 2. The maximum absolute atomic E-state index is 11.9. The summed E-state index contributed by atoms with van der Waals surface area (Å²) in [4.78, 5) is 34.2. The monoisotopic (exact) mass is 330 g/mol. The van der Waals surface area contributed by atoms with Crippen molar-refractivity contribution in [1.29, 1.82) is 0 Å². The third-order valence-electron chi connectivity index (χ3n) is 2.38. The fourth-order valence-electron chi connectivity index (χ4n) is 1.49. The van der Waals surface area contributed by atoms with Gasteiger partial charge in [0.2, 0.25) is 11.8 Å². The van der Waals surface area contributed by atoms with Gasteiger partial charge >= 0.3 is 5.97 Å². The van der Waals surface area contributed by atoms with Crippen molar-refractivity contribution in [2.75, 3.05) is 13.1 Å². The van der Waals surface area contributed by atoms with E-state index in [-0.39, 0.29) is 0 Å². The second-order valence-corrected chi connectivity index (χ2v) is 4.84. The predicted molar refractivity (Wildman–Crippen MR) is 78.9 cm³/mol. The quantitative estimate of drug-likeness (QED) is 0.770. The minimum atomic E-state index is -1.26. The highest BCUT2D eigenvalue weighted by Gasteiger charge is 2.16. The maximum atomic E-state index is 11.9. The first-order valence-corrected chi connectivity index (χ1v) is 6.48. The average Bonchev–Trinajstić information content (AvgIpc) is 2.36. The maximum Gasteiger partial charge on any atom is 0.323 e. The molecule has 0 aliphatic carbocycles. The van der Waals surface area contributed by atoms with Crippen molar-refractivity contribution in [3.05, 3.63) is 39.9 Å². The van der Waals surface area contributed by atoms with Crippen LogP contribution in [0.25, 0.3) is 6.08 Å². The van der Waals surface area contributed by atoms with Gasteiger partial charge in [-0.25, -0.2) is 0 Å². The number of rotatable bonds is 6. The summed E-state index contributed by atoms with van der Waals surface area (Å²) in [6.45, 7) is -1.13. The molecule has 0 aliphatic rings. The molecule has 0 fully saturated rings. The molecule has 0 saturated carbocycles. The number of nitrogens with zero attached hydrogens (tertiary/aromatic N) is 1. The third kappa shape index (κ3) is 5.45. The van der Waals surface area contributed by atoms with E-state index < -0.39 is 30.9 Å². The molecular formula is C13H12Cl2N2O4. The van der Waals surface area contributed by atoms with Gasteiger partial charge in [-0.1, -0.05) is 29.3 Å². The summed E-state index contributed by atoms with van der Waals surface area (Å²) < 4.78 is 0. The van der Waals surface area contributed by atoms with Crippen LogP contribution >= 0.6 is 23.2 Å². The molecule has 3 N–H and O–H groups in total. The van der Waals surface area contributed by atoms with Crippen molar-refractivity contribution >= 4 is 47.1 Å². The molecule has 0 heterocycles. The largest absolute Gasteiger partial charge is 0.480 e. The summed E-state index contributed by atoms with van der Waals surface area (Å²) in [7, 11) is 0. The number of carboxylic acid groups (broad SMARTS) is 1. The van der Waals surface area contributed by atoms with Crippen LogP contribution in [0.1, 0.15) is 5.56 Å². The minimum absolute atomic E-state index is 0.339. The van der Waals surface area contributed by atoms with Crippen molar-refractivity contribution in [2.24, 2.45) is 5.73 Å². The zero-order valence-electron chi connectivity index (χ0n) is 10.8. The van der Waals surface area contributed by atoms with Crippen LogP contribution in [-0.4, -0.2) is 40.9 Å². The topological polar surface area (TPSA) is 101 Å². The predicted octanol–water partition coefficient (Wildman–Crippen LogP) is 1.41. The van der Waals surface area contributed by atoms with Crippen LogP contribution in [0.2, 0.25) is 10.0 Å². The first-order chi connectivity index (χ1) is 9.81. The van der Waals surface area contributed by atoms with E-state index in [0.29, 0.717) is 15.6 Å². The van der Waals surface area contributed by atoms with Gasteiger partial charge in [0.25, 0.3) is 0 Å². The lowest BCUT2D eigenvalue weighted by Crippen LogP contribution is -2.40. The number of nitrogens with two attached hydrogens (primary N) is 1. The summed E-state index contributed by atoms with van der Waals surface area (Å²) >= 11 is 11.9. The Morgan fingerprint density at radius 1 is 1.19 bits per heavy atom. The zero-order valence-corrected chi connectivity index (χ0v) is 12.3. The molecule has 0 bridgehead atoms. The average molecular weight is 331 g/mol. The van der Waals surface area contributed by atoms with Gasteiger partial charge in [-0.3, -0.25) is 14.4 Å². The molecule has 0 aliphatic heterocycles. The summed E-state index contributed by atoms with van der Waals surface area (Å²) in [6, 6.07) is 4.83. The summed E-state index contributed by atoms with van der Waals surface area (Å²) in [6.07, 6.45) is 2.43. The van der Waals surface area contributed by atoms with Crippen LogP contribution in [0.15, 0.2) is 24.3 Å². The molecule has 1 aromatic rings. The molecule has 0 atom stereocenters. The molecule has 1 aromatic carbocycles. The van der Waals surface area contributed by atoms with Gasteiger partial charge in [-0.05, 0) is 18.2 Å². The van der Waals surface area contributed by atoms with Gasteiger partial charge in [0, 0.05) is 21.7 Å². The van der Waals surface area contributed by atoms with E-state index >= 15 is 0 Å². The lowest BCUT2D eigenvalue weighted by atomic mass is 10.2. The van der Waals surface area contributed by atoms with Crippen molar-refractivity contribution in [1.82, 2.24) is 4.90 Å². The van der Waals surface area contributed by atoms with E-state index in [1.807, 2.05) is 0 Å². The summed E-state index contributed by atoms with van der Waals surface area (Å²) in [5.41, 5.74) is 5.39. The Labute approximate surface area is 130 Å². The Morgan fingerprint density at radius 3 is 2.24 bits per heavy atom. The standard InChI is InChI=1S/C13H12Cl2N2O4/c14-9-2-1-3-10(15)8(9)4-5-12(19)17(6-11(16)18)7-13(20)21/h1-5H,6-7H2,(H2,16,18)(H,20,21)/b5-4+. The highest BCUT2D eigenvalue weighted by Crippen LogP contribution is 2.25. The highest BCUT2D eigenvalue weighted by atomic mass is 35.5. The molecular weight excluding hydrogens is 319 g/mol.